The van der Waals surface area contributed by atoms with Crippen molar-refractivity contribution in [3.63, 3.8) is 0 Å². The summed E-state index contributed by atoms with van der Waals surface area (Å²) in [4.78, 5) is 18.8. The summed E-state index contributed by atoms with van der Waals surface area (Å²) >= 11 is 0. The zero-order chi connectivity index (χ0) is 13.9. The molecule has 0 unspecified atom stereocenters. The van der Waals surface area contributed by atoms with E-state index in [0.29, 0.717) is 32.0 Å². The number of fused-ring (bicyclic) bond motifs is 1. The molecule has 2 heterocycles. The number of hydrogen-bond donors (Lipinski definition) is 1. The van der Waals surface area contributed by atoms with E-state index >= 15 is 0 Å². The molecule has 0 saturated carbocycles. The lowest BCUT2D eigenvalue weighted by atomic mass is 10.1. The van der Waals surface area contributed by atoms with E-state index in [2.05, 4.69) is 10.3 Å². The number of carbonyl (C=O) groups is 1. The fraction of sp³-hybridized carbons (Fsp3) is 0.333. The second kappa shape index (κ2) is 5.46. The highest BCUT2D eigenvalue weighted by Crippen LogP contribution is 2.23. The van der Waals surface area contributed by atoms with Crippen LogP contribution in [-0.2, 0) is 4.74 Å². The van der Waals surface area contributed by atoms with E-state index in [1.807, 2.05) is 37.4 Å². The van der Waals surface area contributed by atoms with Crippen molar-refractivity contribution in [2.45, 2.75) is 0 Å². The molecule has 0 bridgehead atoms. The van der Waals surface area contributed by atoms with Gasteiger partial charge in [0.25, 0.3) is 5.91 Å². The second-order valence-corrected chi connectivity index (χ2v) is 4.73. The number of hydrogen-bond acceptors (Lipinski definition) is 4. The number of aromatic nitrogens is 1. The molecule has 1 aliphatic heterocycles. The standard InChI is InChI=1S/C15H17N3O2/c1-16-13-10-14(15(19)18-6-8-20-9-7-18)17-12-5-3-2-4-11(12)13/h2-5,10H,6-9H2,1H3,(H,16,17). The van der Waals surface area contributed by atoms with Gasteiger partial charge >= 0.3 is 0 Å². The second-order valence-electron chi connectivity index (χ2n) is 4.73. The van der Waals surface area contributed by atoms with Gasteiger partial charge in [-0.2, -0.15) is 0 Å². The van der Waals surface area contributed by atoms with Gasteiger partial charge in [0.1, 0.15) is 5.69 Å². The van der Waals surface area contributed by atoms with E-state index in [9.17, 15) is 4.79 Å². The molecule has 2 aromatic rings. The molecule has 20 heavy (non-hydrogen) atoms. The fourth-order valence-electron chi connectivity index (χ4n) is 2.42. The van der Waals surface area contributed by atoms with E-state index in [1.165, 1.54) is 0 Å². The van der Waals surface area contributed by atoms with Crippen LogP contribution < -0.4 is 5.32 Å². The number of para-hydroxylation sites is 1. The van der Waals surface area contributed by atoms with Crippen molar-refractivity contribution in [1.29, 1.82) is 0 Å². The molecule has 104 valence electrons. The Morgan fingerprint density at radius 2 is 2.05 bits per heavy atom. The lowest BCUT2D eigenvalue weighted by Crippen LogP contribution is -2.41. The van der Waals surface area contributed by atoms with Crippen molar-refractivity contribution in [3.05, 3.63) is 36.0 Å². The Balaban J connectivity index is 2.00. The molecule has 0 spiro atoms. The zero-order valence-corrected chi connectivity index (χ0v) is 11.4. The molecule has 0 radical (unpaired) electrons. The van der Waals surface area contributed by atoms with Crippen LogP contribution in [0.3, 0.4) is 0 Å². The van der Waals surface area contributed by atoms with E-state index in [0.717, 1.165) is 16.6 Å². The lowest BCUT2D eigenvalue weighted by Gasteiger charge is -2.26. The Morgan fingerprint density at radius 1 is 1.30 bits per heavy atom. The summed E-state index contributed by atoms with van der Waals surface area (Å²) in [7, 11) is 1.85. The topological polar surface area (TPSA) is 54.5 Å². The van der Waals surface area contributed by atoms with Crippen LogP contribution in [0.15, 0.2) is 30.3 Å². The minimum Gasteiger partial charge on any atom is -0.388 e. The summed E-state index contributed by atoms with van der Waals surface area (Å²) in [5.41, 5.74) is 2.23. The summed E-state index contributed by atoms with van der Waals surface area (Å²) in [6.45, 7) is 2.45. The van der Waals surface area contributed by atoms with Crippen molar-refractivity contribution >= 4 is 22.5 Å². The number of amides is 1. The molecular formula is C15H17N3O2. The lowest BCUT2D eigenvalue weighted by molar-refractivity contribution is 0.0299. The first-order valence-electron chi connectivity index (χ1n) is 6.74. The highest BCUT2D eigenvalue weighted by atomic mass is 16.5. The minimum absolute atomic E-state index is 0.0319. The Labute approximate surface area is 117 Å². The van der Waals surface area contributed by atoms with E-state index < -0.39 is 0 Å². The van der Waals surface area contributed by atoms with E-state index in [4.69, 9.17) is 4.74 Å². The molecule has 1 saturated heterocycles. The maximum absolute atomic E-state index is 12.5. The number of rotatable bonds is 2. The summed E-state index contributed by atoms with van der Waals surface area (Å²) < 4.78 is 5.27. The molecule has 0 aliphatic carbocycles. The number of morpholine rings is 1. The number of anilines is 1. The molecule has 5 nitrogen and oxygen atoms in total. The van der Waals surface area contributed by atoms with Crippen molar-refractivity contribution in [2.75, 3.05) is 38.7 Å². The molecular weight excluding hydrogens is 254 g/mol. The van der Waals surface area contributed by atoms with Crippen molar-refractivity contribution in [3.8, 4) is 0 Å². The number of pyridine rings is 1. The number of carbonyl (C=O) groups excluding carboxylic acids is 1. The van der Waals surface area contributed by atoms with Crippen molar-refractivity contribution < 1.29 is 9.53 Å². The monoisotopic (exact) mass is 271 g/mol. The summed E-state index contributed by atoms with van der Waals surface area (Å²) in [5.74, 6) is -0.0319. The predicted octanol–water partition coefficient (Wildman–Crippen LogP) is 1.75. The molecule has 0 atom stereocenters. The van der Waals surface area contributed by atoms with Gasteiger partial charge in [0.05, 0.1) is 18.7 Å². The molecule has 1 N–H and O–H groups in total. The normalized spacial score (nSPS) is 15.3. The van der Waals surface area contributed by atoms with Crippen LogP contribution in [0.25, 0.3) is 10.9 Å². The number of ether oxygens (including phenoxy) is 1. The molecule has 5 heteroatoms. The van der Waals surface area contributed by atoms with Crippen LogP contribution in [0.4, 0.5) is 5.69 Å². The predicted molar refractivity (Wildman–Crippen MR) is 78.0 cm³/mol. The van der Waals surface area contributed by atoms with Gasteiger partial charge in [-0.25, -0.2) is 4.98 Å². The maximum Gasteiger partial charge on any atom is 0.272 e. The van der Waals surface area contributed by atoms with E-state index in [-0.39, 0.29) is 5.91 Å². The zero-order valence-electron chi connectivity index (χ0n) is 11.4. The Kier molecular flexibility index (Phi) is 3.52. The van der Waals surface area contributed by atoms with E-state index in [1.54, 1.807) is 4.90 Å². The van der Waals surface area contributed by atoms with Crippen LogP contribution in [0, 0.1) is 0 Å². The van der Waals surface area contributed by atoms with Crippen LogP contribution in [0.1, 0.15) is 10.5 Å². The van der Waals surface area contributed by atoms with Gasteiger partial charge in [0.15, 0.2) is 0 Å². The van der Waals surface area contributed by atoms with Gasteiger partial charge in [-0.15, -0.1) is 0 Å². The van der Waals surface area contributed by atoms with Gasteiger partial charge in [-0.3, -0.25) is 4.79 Å². The molecule has 1 aromatic heterocycles. The van der Waals surface area contributed by atoms with Gasteiger partial charge in [-0.1, -0.05) is 18.2 Å². The third-order valence-electron chi connectivity index (χ3n) is 3.50. The number of benzene rings is 1. The fourth-order valence-corrected chi connectivity index (χ4v) is 2.42. The molecule has 1 amide bonds. The van der Waals surface area contributed by atoms with Gasteiger partial charge in [-0.05, 0) is 12.1 Å². The van der Waals surface area contributed by atoms with Crippen molar-refractivity contribution in [2.24, 2.45) is 0 Å². The van der Waals surface area contributed by atoms with Crippen molar-refractivity contribution in [1.82, 2.24) is 9.88 Å². The third kappa shape index (κ3) is 2.32. The molecule has 1 fully saturated rings. The third-order valence-corrected chi connectivity index (χ3v) is 3.50. The Morgan fingerprint density at radius 3 is 2.80 bits per heavy atom. The van der Waals surface area contributed by atoms with Crippen LogP contribution >= 0.6 is 0 Å². The van der Waals surface area contributed by atoms with Crippen LogP contribution in [-0.4, -0.2) is 49.1 Å². The van der Waals surface area contributed by atoms with Crippen LogP contribution in [0.2, 0.25) is 0 Å². The quantitative estimate of drug-likeness (QED) is 0.904. The smallest absolute Gasteiger partial charge is 0.272 e. The summed E-state index contributed by atoms with van der Waals surface area (Å²) in [6, 6.07) is 9.63. The Hall–Kier alpha value is -2.14. The van der Waals surface area contributed by atoms with Gasteiger partial charge in [0.2, 0.25) is 0 Å². The SMILES string of the molecule is CNc1cc(C(=O)N2CCOCC2)nc2ccccc12. The first kappa shape index (κ1) is 12.9. The highest BCUT2D eigenvalue weighted by Gasteiger charge is 2.20. The molecule has 1 aliphatic rings. The number of nitrogens with one attached hydrogen (secondary N) is 1. The largest absolute Gasteiger partial charge is 0.388 e. The first-order valence-corrected chi connectivity index (χ1v) is 6.74. The summed E-state index contributed by atoms with van der Waals surface area (Å²) in [6.07, 6.45) is 0. The molecule has 3 rings (SSSR count). The number of nitrogens with zero attached hydrogens (tertiary/aromatic N) is 2. The highest BCUT2D eigenvalue weighted by molar-refractivity contribution is 5.99. The first-order chi connectivity index (χ1) is 9.79. The minimum atomic E-state index is -0.0319. The maximum atomic E-state index is 12.5. The van der Waals surface area contributed by atoms with Crippen LogP contribution in [0.5, 0.6) is 0 Å². The average molecular weight is 271 g/mol. The van der Waals surface area contributed by atoms with Gasteiger partial charge < -0.3 is 15.0 Å². The Bertz CT molecular complexity index is 636. The van der Waals surface area contributed by atoms with Gasteiger partial charge in [0, 0.05) is 31.2 Å². The average Bonchev–Trinajstić information content (AvgIpc) is 2.54. The summed E-state index contributed by atoms with van der Waals surface area (Å²) in [5, 5.41) is 4.15. The molecule has 1 aromatic carbocycles.